The number of ketones is 1. The quantitative estimate of drug-likeness (QED) is 0.235. The van der Waals surface area contributed by atoms with Crippen molar-refractivity contribution in [3.05, 3.63) is 11.6 Å². The molecule has 10 nitrogen and oxygen atoms in total. The summed E-state index contributed by atoms with van der Waals surface area (Å²) in [5, 5.41) is 62.8. The number of allylic oxidation sites excluding steroid dienone is 1. The fourth-order valence-electron chi connectivity index (χ4n) is 12.0. The molecule has 1 saturated heterocycles. The molecule has 0 aromatic heterocycles. The lowest BCUT2D eigenvalue weighted by Crippen LogP contribution is -2.67. The number of Topliss-reactive ketones (excluding diaryl/α,β-unsaturated/α-hetero) is 1. The summed E-state index contributed by atoms with van der Waals surface area (Å²) in [4.78, 5) is 26.7. The maximum absolute atomic E-state index is 13.8. The van der Waals surface area contributed by atoms with Crippen LogP contribution in [0, 0.1) is 50.2 Å². The van der Waals surface area contributed by atoms with E-state index in [0.717, 1.165) is 37.7 Å². The maximum Gasteiger partial charge on any atom is 0.310 e. The summed E-state index contributed by atoms with van der Waals surface area (Å²) >= 11 is 0. The van der Waals surface area contributed by atoms with Gasteiger partial charge in [-0.3, -0.25) is 9.59 Å². The van der Waals surface area contributed by atoms with E-state index in [2.05, 4.69) is 33.8 Å². The third kappa shape index (κ3) is 4.60. The molecule has 0 aromatic carbocycles. The zero-order valence-electron chi connectivity index (χ0n) is 28.2. The molecule has 6 aliphatic rings. The average molecular weight is 649 g/mol. The standard InChI is InChI=1S/C36H56O10/c1-31(2)12-13-35(30(43)44)14-15-36(18-38)20(21(35)16-31)6-7-24-32(3)10-9-25(39)33(4,23(32)8-11-34(24,36)5)19-45-29-28(42)27(41)26(40)22(17-37)46-29/h6,21-24,26-29,37-38,40-42H,7-19H2,1-5H3,(H,43,44)/t21-,22+,23+,24+,26+,27-,28+,29+,32-,33-,34+,35-,36-/m0/s1. The molecule has 46 heavy (non-hydrogen) atoms. The molecule has 6 N–H and O–H groups in total. The zero-order chi connectivity index (χ0) is 33.7. The van der Waals surface area contributed by atoms with Gasteiger partial charge in [0.15, 0.2) is 6.29 Å². The van der Waals surface area contributed by atoms with Crippen molar-refractivity contribution in [1.29, 1.82) is 0 Å². The zero-order valence-corrected chi connectivity index (χ0v) is 28.2. The second kappa shape index (κ2) is 11.3. The van der Waals surface area contributed by atoms with Gasteiger partial charge >= 0.3 is 5.97 Å². The smallest absolute Gasteiger partial charge is 0.310 e. The molecular formula is C36H56O10. The van der Waals surface area contributed by atoms with E-state index >= 15 is 0 Å². The summed E-state index contributed by atoms with van der Waals surface area (Å²) in [7, 11) is 0. The Kier molecular flexibility index (Phi) is 8.48. The van der Waals surface area contributed by atoms with Crippen LogP contribution in [-0.2, 0) is 19.1 Å². The van der Waals surface area contributed by atoms with E-state index in [1.807, 2.05) is 6.92 Å². The summed E-state index contributed by atoms with van der Waals surface area (Å²) in [5.41, 5.74) is -1.58. The molecule has 5 fully saturated rings. The molecule has 1 aliphatic heterocycles. The van der Waals surface area contributed by atoms with Crippen molar-refractivity contribution >= 4 is 11.8 Å². The minimum Gasteiger partial charge on any atom is -0.481 e. The molecule has 0 amide bonds. The van der Waals surface area contributed by atoms with Crippen LogP contribution >= 0.6 is 0 Å². The molecule has 1 heterocycles. The lowest BCUT2D eigenvalue weighted by molar-refractivity contribution is -0.308. The Morgan fingerprint density at radius 3 is 2.28 bits per heavy atom. The Hall–Kier alpha value is -1.40. The Morgan fingerprint density at radius 2 is 1.63 bits per heavy atom. The van der Waals surface area contributed by atoms with Crippen LogP contribution in [-0.4, -0.2) is 92.9 Å². The molecule has 6 rings (SSSR count). The van der Waals surface area contributed by atoms with E-state index in [9.17, 15) is 40.2 Å². The van der Waals surface area contributed by atoms with Crippen molar-refractivity contribution in [3.8, 4) is 0 Å². The third-order valence-electron chi connectivity index (χ3n) is 15.0. The third-order valence-corrected chi connectivity index (χ3v) is 15.0. The number of hydrogen-bond acceptors (Lipinski definition) is 9. The molecule has 0 radical (unpaired) electrons. The molecule has 0 spiro atoms. The van der Waals surface area contributed by atoms with Crippen LogP contribution in [0.2, 0.25) is 0 Å². The molecule has 0 unspecified atom stereocenters. The Labute approximate surface area is 272 Å². The van der Waals surface area contributed by atoms with Gasteiger partial charge in [0.2, 0.25) is 0 Å². The van der Waals surface area contributed by atoms with Gasteiger partial charge in [-0.1, -0.05) is 46.3 Å². The normalized spacial score (nSPS) is 51.6. The Morgan fingerprint density at radius 1 is 0.935 bits per heavy atom. The molecule has 5 aliphatic carbocycles. The van der Waals surface area contributed by atoms with Crippen LogP contribution < -0.4 is 0 Å². The minimum absolute atomic E-state index is 0.0182. The number of aliphatic carboxylic acids is 1. The van der Waals surface area contributed by atoms with Gasteiger partial charge in [-0.2, -0.15) is 0 Å². The molecule has 4 saturated carbocycles. The van der Waals surface area contributed by atoms with Gasteiger partial charge < -0.3 is 40.1 Å². The number of ether oxygens (including phenoxy) is 2. The van der Waals surface area contributed by atoms with Crippen LogP contribution in [0.4, 0.5) is 0 Å². The van der Waals surface area contributed by atoms with Gasteiger partial charge in [-0.25, -0.2) is 0 Å². The largest absolute Gasteiger partial charge is 0.481 e. The fourth-order valence-corrected chi connectivity index (χ4v) is 12.0. The number of fused-ring (bicyclic) bond motifs is 7. The van der Waals surface area contributed by atoms with Crippen molar-refractivity contribution in [2.45, 2.75) is 130 Å². The van der Waals surface area contributed by atoms with Gasteiger partial charge in [-0.05, 0) is 91.8 Å². The van der Waals surface area contributed by atoms with Crippen molar-refractivity contribution < 1.29 is 49.7 Å². The van der Waals surface area contributed by atoms with E-state index in [0.29, 0.717) is 32.1 Å². The first kappa shape index (κ1) is 34.5. The summed E-state index contributed by atoms with van der Waals surface area (Å²) in [6.07, 6.45) is 2.23. The number of aliphatic hydroxyl groups is 5. The molecule has 10 heteroatoms. The SMILES string of the molecule is CC1(C)CC[C@]2(C(=O)O)CC[C@]3(CO)C(=CC[C@@H]4[C@@]5(C)CCC(=O)[C@@](C)(CO[C@@H]6O[C@H](CO)[C@@H](O)[C@H](O)[C@H]6O)[C@@H]5CC[C@]43C)[C@@H]2C1. The highest BCUT2D eigenvalue weighted by Gasteiger charge is 2.71. The first-order valence-electron chi connectivity index (χ1n) is 17.5. The second-order valence-corrected chi connectivity index (χ2v) is 17.4. The number of carboxylic acid groups (broad SMARTS) is 1. The van der Waals surface area contributed by atoms with Gasteiger partial charge in [0.25, 0.3) is 0 Å². The second-order valence-electron chi connectivity index (χ2n) is 17.4. The number of hydrogen-bond donors (Lipinski definition) is 6. The molecule has 0 bridgehead atoms. The van der Waals surface area contributed by atoms with E-state index in [1.54, 1.807) is 0 Å². The minimum atomic E-state index is -1.56. The van der Waals surface area contributed by atoms with Crippen molar-refractivity contribution in [1.82, 2.24) is 0 Å². The van der Waals surface area contributed by atoms with Crippen LogP contribution in [0.5, 0.6) is 0 Å². The van der Waals surface area contributed by atoms with Crippen LogP contribution in [0.3, 0.4) is 0 Å². The summed E-state index contributed by atoms with van der Waals surface area (Å²) in [5.74, 6) is -0.624. The van der Waals surface area contributed by atoms with Gasteiger partial charge in [-0.15, -0.1) is 0 Å². The van der Waals surface area contributed by atoms with Gasteiger partial charge in [0, 0.05) is 11.8 Å². The van der Waals surface area contributed by atoms with E-state index < -0.39 is 59.5 Å². The molecule has 13 atom stereocenters. The number of carbonyl (C=O) groups excluding carboxylic acids is 1. The Bertz CT molecular complexity index is 1260. The van der Waals surface area contributed by atoms with E-state index in [-0.39, 0.29) is 53.0 Å². The highest BCUT2D eigenvalue weighted by Crippen LogP contribution is 2.75. The molecule has 260 valence electrons. The molecule has 0 aromatic rings. The monoisotopic (exact) mass is 648 g/mol. The van der Waals surface area contributed by atoms with Gasteiger partial charge in [0.1, 0.15) is 30.2 Å². The van der Waals surface area contributed by atoms with E-state index in [4.69, 9.17) is 9.47 Å². The highest BCUT2D eigenvalue weighted by molar-refractivity contribution is 5.86. The summed E-state index contributed by atoms with van der Waals surface area (Å²) < 4.78 is 11.7. The van der Waals surface area contributed by atoms with Crippen LogP contribution in [0.25, 0.3) is 0 Å². The van der Waals surface area contributed by atoms with Crippen LogP contribution in [0.15, 0.2) is 11.6 Å². The number of carbonyl (C=O) groups is 2. The summed E-state index contributed by atoms with van der Waals surface area (Å²) in [6, 6.07) is 0. The van der Waals surface area contributed by atoms with Crippen molar-refractivity contribution in [3.63, 3.8) is 0 Å². The number of rotatable bonds is 6. The fraction of sp³-hybridized carbons (Fsp3) is 0.889. The average Bonchev–Trinajstić information content (AvgIpc) is 3.01. The Balaban J connectivity index is 1.33. The topological polar surface area (TPSA) is 174 Å². The highest BCUT2D eigenvalue weighted by atomic mass is 16.7. The predicted octanol–water partition coefficient (Wildman–Crippen LogP) is 3.21. The van der Waals surface area contributed by atoms with Crippen molar-refractivity contribution in [2.75, 3.05) is 19.8 Å². The first-order valence-corrected chi connectivity index (χ1v) is 17.5. The maximum atomic E-state index is 13.8. The number of carboxylic acids is 1. The molecular weight excluding hydrogens is 592 g/mol. The first-order chi connectivity index (χ1) is 21.5. The number of aliphatic hydroxyl groups excluding tert-OH is 5. The van der Waals surface area contributed by atoms with Crippen molar-refractivity contribution in [2.24, 2.45) is 50.2 Å². The van der Waals surface area contributed by atoms with Gasteiger partial charge in [0.05, 0.1) is 30.7 Å². The van der Waals surface area contributed by atoms with E-state index in [1.165, 1.54) is 0 Å². The lowest BCUT2D eigenvalue weighted by atomic mass is 9.33. The predicted molar refractivity (Wildman–Crippen MR) is 167 cm³/mol. The lowest BCUT2D eigenvalue weighted by Gasteiger charge is -2.71. The van der Waals surface area contributed by atoms with Crippen LogP contribution in [0.1, 0.15) is 98.8 Å². The summed E-state index contributed by atoms with van der Waals surface area (Å²) in [6.45, 7) is 10.4.